The van der Waals surface area contributed by atoms with Gasteiger partial charge in [-0.25, -0.2) is 9.69 Å². The van der Waals surface area contributed by atoms with Crippen LogP contribution in [0.1, 0.15) is 38.5 Å². The first-order chi connectivity index (χ1) is 21.0. The van der Waals surface area contributed by atoms with E-state index in [1.54, 1.807) is 24.3 Å². The van der Waals surface area contributed by atoms with E-state index in [4.69, 9.17) is 9.73 Å². The van der Waals surface area contributed by atoms with Crippen molar-refractivity contribution in [3.05, 3.63) is 143 Å². The highest BCUT2D eigenvalue weighted by molar-refractivity contribution is 6.27. The molecular formula is C37H26N2O4. The third-order valence-corrected chi connectivity index (χ3v) is 9.40. The molecule has 0 saturated carbocycles. The minimum atomic E-state index is -0.973. The Morgan fingerprint density at radius 1 is 0.767 bits per heavy atom. The number of carbonyl (C=O) groups excluding carboxylic acids is 3. The predicted molar refractivity (Wildman–Crippen MR) is 165 cm³/mol. The maximum atomic E-state index is 14.8. The van der Waals surface area contributed by atoms with Crippen LogP contribution in [0.15, 0.2) is 120 Å². The van der Waals surface area contributed by atoms with Crippen molar-refractivity contribution in [1.29, 1.82) is 0 Å². The van der Waals surface area contributed by atoms with Crippen molar-refractivity contribution in [2.45, 2.75) is 11.3 Å². The normalized spacial score (nSPS) is 23.4. The number of rotatable bonds is 4. The summed E-state index contributed by atoms with van der Waals surface area (Å²) in [6.45, 7) is 0. The molecule has 9 rings (SSSR count). The zero-order valence-electron chi connectivity index (χ0n) is 23.3. The zero-order chi connectivity index (χ0) is 29.3. The van der Waals surface area contributed by atoms with Gasteiger partial charge in [-0.15, -0.1) is 0 Å². The number of imide groups is 1. The Bertz CT molecular complexity index is 1960. The minimum Gasteiger partial charge on any atom is -0.465 e. The van der Waals surface area contributed by atoms with E-state index in [2.05, 4.69) is 24.3 Å². The average Bonchev–Trinajstić information content (AvgIpc) is 3.33. The number of hydrogen-bond donors (Lipinski definition) is 0. The molecule has 5 aromatic rings. The summed E-state index contributed by atoms with van der Waals surface area (Å²) in [7, 11) is 1.35. The van der Waals surface area contributed by atoms with Crippen molar-refractivity contribution >= 4 is 46.1 Å². The number of amides is 2. The minimum absolute atomic E-state index is 0.180. The van der Waals surface area contributed by atoms with Crippen LogP contribution < -0.4 is 4.90 Å². The molecule has 3 aliphatic carbocycles. The van der Waals surface area contributed by atoms with Crippen molar-refractivity contribution in [3.8, 4) is 0 Å². The number of benzene rings is 5. The number of ether oxygens (including phenoxy) is 1. The van der Waals surface area contributed by atoms with Crippen molar-refractivity contribution < 1.29 is 19.1 Å². The smallest absolute Gasteiger partial charge is 0.337 e. The summed E-state index contributed by atoms with van der Waals surface area (Å²) in [5.74, 6) is -2.32. The van der Waals surface area contributed by atoms with Gasteiger partial charge in [0, 0.05) is 17.5 Å². The number of methoxy groups -OCH3 is 1. The Morgan fingerprint density at radius 2 is 1.40 bits per heavy atom. The molecule has 1 heterocycles. The largest absolute Gasteiger partial charge is 0.465 e. The summed E-state index contributed by atoms with van der Waals surface area (Å²) in [5.41, 5.74) is 4.79. The standard InChI is InChI=1S/C37H26N2O4/c1-43-36(42)23-17-19-24(20-18-23)38-21-37-28-14-6-4-12-26(28)31(27-13-5-7-15-29(27)37)32-33(37)35(41)39(34(32)40)30-16-8-10-22-9-2-3-11-25(22)30/h2-21,31-33H,1H3/t31?,32-,33+,37?/m0/s1. The van der Waals surface area contributed by atoms with Gasteiger partial charge in [-0.2, -0.15) is 0 Å². The Morgan fingerprint density at radius 3 is 2.09 bits per heavy atom. The molecule has 2 bridgehead atoms. The monoisotopic (exact) mass is 562 g/mol. The lowest BCUT2D eigenvalue weighted by Crippen LogP contribution is -2.54. The first kappa shape index (κ1) is 25.4. The molecule has 1 fully saturated rings. The highest BCUT2D eigenvalue weighted by Crippen LogP contribution is 2.64. The van der Waals surface area contributed by atoms with Gasteiger partial charge in [0.2, 0.25) is 11.8 Å². The van der Waals surface area contributed by atoms with Gasteiger partial charge in [0.15, 0.2) is 0 Å². The van der Waals surface area contributed by atoms with E-state index in [0.29, 0.717) is 16.9 Å². The fourth-order valence-electron chi connectivity index (χ4n) is 7.67. The van der Waals surface area contributed by atoms with Crippen LogP contribution in [0.5, 0.6) is 0 Å². The van der Waals surface area contributed by atoms with Crippen LogP contribution in [0.3, 0.4) is 0 Å². The van der Waals surface area contributed by atoms with Crippen LogP contribution in [0.2, 0.25) is 0 Å². The summed E-state index contributed by atoms with van der Waals surface area (Å²) in [4.78, 5) is 47.7. The second-order valence-corrected chi connectivity index (χ2v) is 11.3. The van der Waals surface area contributed by atoms with E-state index in [0.717, 1.165) is 33.0 Å². The van der Waals surface area contributed by atoms with Gasteiger partial charge in [-0.3, -0.25) is 14.6 Å². The maximum absolute atomic E-state index is 14.8. The molecule has 4 aliphatic rings. The Kier molecular flexibility index (Phi) is 5.50. The lowest BCUT2D eigenvalue weighted by molar-refractivity contribution is -0.122. The third-order valence-electron chi connectivity index (χ3n) is 9.40. The van der Waals surface area contributed by atoms with E-state index in [1.165, 1.54) is 12.0 Å². The summed E-state index contributed by atoms with van der Waals surface area (Å²) in [6.07, 6.45) is 1.86. The van der Waals surface area contributed by atoms with Crippen LogP contribution >= 0.6 is 0 Å². The fourth-order valence-corrected chi connectivity index (χ4v) is 7.67. The second kappa shape index (κ2) is 9.33. The lowest BCUT2D eigenvalue weighted by atomic mass is 9.47. The van der Waals surface area contributed by atoms with E-state index in [9.17, 15) is 14.4 Å². The molecule has 2 amide bonds. The average molecular weight is 563 g/mol. The number of aliphatic imine (C=N–C) groups is 1. The molecule has 2 atom stereocenters. The first-order valence-corrected chi connectivity index (χ1v) is 14.3. The van der Waals surface area contributed by atoms with E-state index in [-0.39, 0.29) is 17.7 Å². The quantitative estimate of drug-likeness (QED) is 0.141. The molecule has 0 N–H and O–H groups in total. The van der Waals surface area contributed by atoms with Crippen molar-refractivity contribution in [1.82, 2.24) is 0 Å². The molecule has 0 radical (unpaired) electrons. The highest BCUT2D eigenvalue weighted by atomic mass is 16.5. The number of nitrogens with zero attached hydrogens (tertiary/aromatic N) is 2. The van der Waals surface area contributed by atoms with Crippen molar-refractivity contribution in [2.75, 3.05) is 12.0 Å². The lowest BCUT2D eigenvalue weighted by Gasteiger charge is -2.52. The summed E-state index contributed by atoms with van der Waals surface area (Å²) >= 11 is 0. The molecule has 208 valence electrons. The van der Waals surface area contributed by atoms with Crippen LogP contribution in [0.4, 0.5) is 11.4 Å². The molecule has 6 heteroatoms. The molecule has 43 heavy (non-hydrogen) atoms. The Balaban J connectivity index is 1.35. The molecule has 0 spiro atoms. The molecule has 5 aromatic carbocycles. The molecule has 1 aliphatic heterocycles. The van der Waals surface area contributed by atoms with Gasteiger partial charge in [0.05, 0.1) is 41.3 Å². The number of hydrogen-bond acceptors (Lipinski definition) is 5. The van der Waals surface area contributed by atoms with E-state index < -0.39 is 23.2 Å². The second-order valence-electron chi connectivity index (χ2n) is 11.3. The van der Waals surface area contributed by atoms with Crippen LogP contribution in [-0.4, -0.2) is 31.1 Å². The van der Waals surface area contributed by atoms with Crippen molar-refractivity contribution in [3.63, 3.8) is 0 Å². The molecule has 0 unspecified atom stereocenters. The van der Waals surface area contributed by atoms with Crippen LogP contribution in [0.25, 0.3) is 10.8 Å². The van der Waals surface area contributed by atoms with E-state index in [1.807, 2.05) is 72.9 Å². The molecule has 0 aromatic heterocycles. The zero-order valence-corrected chi connectivity index (χ0v) is 23.3. The number of carbonyl (C=O) groups is 3. The number of anilines is 1. The maximum Gasteiger partial charge on any atom is 0.337 e. The fraction of sp³-hybridized carbons (Fsp3) is 0.135. The van der Waals surface area contributed by atoms with E-state index >= 15 is 0 Å². The Labute approximate surface area is 248 Å². The highest BCUT2D eigenvalue weighted by Gasteiger charge is 2.68. The predicted octanol–water partition coefficient (Wildman–Crippen LogP) is 6.58. The number of fused-ring (bicyclic) bond motifs is 1. The van der Waals surface area contributed by atoms with Gasteiger partial charge >= 0.3 is 5.97 Å². The topological polar surface area (TPSA) is 76.0 Å². The van der Waals surface area contributed by atoms with Gasteiger partial charge in [0.1, 0.15) is 0 Å². The van der Waals surface area contributed by atoms with Gasteiger partial charge in [-0.05, 0) is 58.0 Å². The van der Waals surface area contributed by atoms with Crippen LogP contribution in [0, 0.1) is 11.8 Å². The summed E-state index contributed by atoms with van der Waals surface area (Å²) < 4.78 is 4.84. The van der Waals surface area contributed by atoms with Gasteiger partial charge in [0.25, 0.3) is 0 Å². The van der Waals surface area contributed by atoms with Crippen LogP contribution in [-0.2, 0) is 19.7 Å². The SMILES string of the molecule is COC(=O)c1ccc(N=CC23c4ccccc4C(c4ccccc42)[C@@H]2C(=O)N(c4cccc5ccccc45)C(=O)[C@@H]23)cc1. The van der Waals surface area contributed by atoms with Gasteiger partial charge in [-0.1, -0.05) is 84.9 Å². The molecule has 1 saturated heterocycles. The van der Waals surface area contributed by atoms with Gasteiger partial charge < -0.3 is 4.74 Å². The van der Waals surface area contributed by atoms with Crippen molar-refractivity contribution in [2.24, 2.45) is 16.8 Å². The molecular weight excluding hydrogens is 536 g/mol. The first-order valence-electron chi connectivity index (χ1n) is 14.3. The summed E-state index contributed by atoms with van der Waals surface area (Å²) in [5, 5.41) is 1.83. The Hall–Kier alpha value is -5.36. The number of esters is 1. The third kappa shape index (κ3) is 3.40. The summed E-state index contributed by atoms with van der Waals surface area (Å²) in [6, 6.07) is 36.7. The molecule has 6 nitrogen and oxygen atoms in total.